The van der Waals surface area contributed by atoms with Gasteiger partial charge in [0.15, 0.2) is 12.6 Å². The SMILES string of the molecule is CC(C)=CCCC(C)(O)C1CCC2(C)C1C(O)CC1C3(C=O)CCC(O[C@@H]4OC[C@H](O)[C@@H](O)[C@H]4O[C@@H]4O[C@H](CO)[C@@H](O)[C@H](O)[C@H]4O)C(C)(C)C3CCC12C. The Morgan fingerprint density at radius 1 is 0.833 bits per heavy atom. The van der Waals surface area contributed by atoms with Gasteiger partial charge in [-0.2, -0.15) is 0 Å². The van der Waals surface area contributed by atoms with E-state index < -0.39 is 90.6 Å². The van der Waals surface area contributed by atoms with Gasteiger partial charge in [0.25, 0.3) is 0 Å². The second kappa shape index (κ2) is 15.3. The van der Waals surface area contributed by atoms with Gasteiger partial charge in [-0.3, -0.25) is 0 Å². The van der Waals surface area contributed by atoms with Crippen LogP contribution in [0, 0.1) is 45.3 Å². The molecular weight excluding hydrogens is 700 g/mol. The highest BCUT2D eigenvalue weighted by Gasteiger charge is 2.72. The summed E-state index contributed by atoms with van der Waals surface area (Å²) in [5.74, 6) is -0.328. The lowest BCUT2D eigenvalue weighted by atomic mass is 9.35. The molecule has 0 bridgehead atoms. The molecule has 0 aromatic heterocycles. The predicted molar refractivity (Wildman–Crippen MR) is 195 cm³/mol. The zero-order valence-electron chi connectivity index (χ0n) is 33.2. The minimum atomic E-state index is -1.73. The average molecular weight is 769 g/mol. The number of allylic oxidation sites excluding steroid dienone is 2. The number of hydrogen-bond donors (Lipinski definition) is 8. The van der Waals surface area contributed by atoms with Crippen molar-refractivity contribution in [2.75, 3.05) is 13.2 Å². The monoisotopic (exact) mass is 768 g/mol. The molecule has 310 valence electrons. The second-order valence-electron chi connectivity index (χ2n) is 19.4. The first kappa shape index (κ1) is 42.5. The van der Waals surface area contributed by atoms with E-state index in [0.29, 0.717) is 25.7 Å². The Labute approximate surface area is 320 Å². The van der Waals surface area contributed by atoms with E-state index in [0.717, 1.165) is 32.1 Å². The van der Waals surface area contributed by atoms with Crippen molar-refractivity contribution in [3.05, 3.63) is 11.6 Å². The smallest absolute Gasteiger partial charge is 0.187 e. The minimum Gasteiger partial charge on any atom is -0.394 e. The molecule has 2 heterocycles. The molecule has 10 unspecified atom stereocenters. The maximum absolute atomic E-state index is 13.7. The lowest BCUT2D eigenvalue weighted by Crippen LogP contribution is -2.68. The van der Waals surface area contributed by atoms with Crippen LogP contribution in [0.5, 0.6) is 0 Å². The van der Waals surface area contributed by atoms with Gasteiger partial charge in [0, 0.05) is 5.41 Å². The topological polar surface area (TPSA) is 216 Å². The Morgan fingerprint density at radius 3 is 2.17 bits per heavy atom. The molecule has 54 heavy (non-hydrogen) atoms. The van der Waals surface area contributed by atoms with Gasteiger partial charge in [-0.15, -0.1) is 0 Å². The lowest BCUT2D eigenvalue weighted by molar-refractivity contribution is -0.367. The molecule has 6 rings (SSSR count). The summed E-state index contributed by atoms with van der Waals surface area (Å²) in [4.78, 5) is 13.7. The van der Waals surface area contributed by atoms with E-state index in [-0.39, 0.29) is 41.1 Å². The Kier molecular flexibility index (Phi) is 12.0. The molecule has 8 N–H and O–H groups in total. The fourth-order valence-electron chi connectivity index (χ4n) is 12.8. The number of aldehydes is 1. The molecule has 2 aliphatic heterocycles. The van der Waals surface area contributed by atoms with Gasteiger partial charge in [-0.25, -0.2) is 0 Å². The highest BCUT2D eigenvalue weighted by Crippen LogP contribution is 2.75. The maximum Gasteiger partial charge on any atom is 0.187 e. The first-order valence-corrected chi connectivity index (χ1v) is 20.3. The van der Waals surface area contributed by atoms with Crippen LogP contribution < -0.4 is 0 Å². The molecule has 2 saturated heterocycles. The van der Waals surface area contributed by atoms with Gasteiger partial charge in [-0.05, 0) is 118 Å². The van der Waals surface area contributed by atoms with E-state index in [1.54, 1.807) is 0 Å². The standard InChI is InChI=1S/C41H68O13/c1-21(2)9-8-13-40(7,50)22-10-14-39(6)29(22)23(44)17-27-38(39,5)15-11-26-37(3,4)28(12-16-41(26,27)20-43)53-36-34(30(46)24(45)19-51-36)54-35-33(49)32(48)31(47)25(18-42)52-35/h9,20,22-36,42,44-50H,8,10-19H2,1-7H3/t22?,23?,24-,25+,26?,27?,28?,29?,30+,31+,32-,33+,34+,35-,36-,38?,39?,40?,41?/m0/s1. The third-order valence-corrected chi connectivity index (χ3v) is 16.0. The average Bonchev–Trinajstić information content (AvgIpc) is 3.50. The maximum atomic E-state index is 13.7. The number of aliphatic hydroxyl groups is 8. The summed E-state index contributed by atoms with van der Waals surface area (Å²) in [7, 11) is 0. The van der Waals surface area contributed by atoms with Crippen molar-refractivity contribution in [3.8, 4) is 0 Å². The zero-order valence-corrected chi connectivity index (χ0v) is 33.2. The van der Waals surface area contributed by atoms with E-state index in [9.17, 15) is 45.6 Å². The highest BCUT2D eigenvalue weighted by molar-refractivity contribution is 5.62. The number of fused-ring (bicyclic) bond motifs is 5. The largest absolute Gasteiger partial charge is 0.394 e. The predicted octanol–water partition coefficient (Wildman–Crippen LogP) is 1.97. The fourth-order valence-corrected chi connectivity index (χ4v) is 12.8. The van der Waals surface area contributed by atoms with E-state index in [2.05, 4.69) is 47.6 Å². The summed E-state index contributed by atoms with van der Waals surface area (Å²) < 4.78 is 24.0. The van der Waals surface area contributed by atoms with Crippen molar-refractivity contribution in [2.24, 2.45) is 45.3 Å². The molecule has 4 aliphatic carbocycles. The molecule has 19 atom stereocenters. The van der Waals surface area contributed by atoms with E-state index in [1.165, 1.54) is 11.9 Å². The third-order valence-electron chi connectivity index (χ3n) is 16.0. The minimum absolute atomic E-state index is 0.0474. The van der Waals surface area contributed by atoms with Crippen LogP contribution in [-0.2, 0) is 23.7 Å². The summed E-state index contributed by atoms with van der Waals surface area (Å²) in [5.41, 5.74) is -1.55. The van der Waals surface area contributed by atoms with Crippen LogP contribution in [0.1, 0.15) is 106 Å². The number of aliphatic hydroxyl groups excluding tert-OH is 7. The normalized spacial score (nSPS) is 51.3. The van der Waals surface area contributed by atoms with Gasteiger partial charge >= 0.3 is 0 Å². The van der Waals surface area contributed by atoms with E-state index in [1.807, 2.05) is 6.92 Å². The molecule has 13 heteroatoms. The van der Waals surface area contributed by atoms with Crippen molar-refractivity contribution in [3.63, 3.8) is 0 Å². The van der Waals surface area contributed by atoms with Crippen molar-refractivity contribution in [2.45, 2.75) is 179 Å². The Bertz CT molecular complexity index is 1370. The highest BCUT2D eigenvalue weighted by atomic mass is 16.8. The number of carbonyl (C=O) groups excluding carboxylic acids is 1. The van der Waals surface area contributed by atoms with Crippen molar-refractivity contribution in [1.29, 1.82) is 0 Å². The number of carbonyl (C=O) groups is 1. The Hall–Kier alpha value is -1.07. The van der Waals surface area contributed by atoms with Crippen molar-refractivity contribution < 1.29 is 64.6 Å². The van der Waals surface area contributed by atoms with Gasteiger partial charge in [0.2, 0.25) is 0 Å². The molecule has 13 nitrogen and oxygen atoms in total. The van der Waals surface area contributed by atoms with Crippen LogP contribution in [-0.4, -0.2) is 133 Å². The van der Waals surface area contributed by atoms with E-state index >= 15 is 0 Å². The molecular formula is C41H68O13. The number of hydrogen-bond acceptors (Lipinski definition) is 13. The van der Waals surface area contributed by atoms with Crippen LogP contribution in [0.4, 0.5) is 0 Å². The Morgan fingerprint density at radius 2 is 1.52 bits per heavy atom. The van der Waals surface area contributed by atoms with Crippen LogP contribution in [0.2, 0.25) is 0 Å². The summed E-state index contributed by atoms with van der Waals surface area (Å²) in [6.45, 7) is 13.9. The van der Waals surface area contributed by atoms with Gasteiger partial charge < -0.3 is 64.6 Å². The van der Waals surface area contributed by atoms with Gasteiger partial charge in [-0.1, -0.05) is 39.3 Å². The summed E-state index contributed by atoms with van der Waals surface area (Å²) in [6, 6.07) is 0. The lowest BCUT2D eigenvalue weighted by Gasteiger charge is -2.70. The Balaban J connectivity index is 1.23. The molecule has 0 amide bonds. The molecule has 0 spiro atoms. The van der Waals surface area contributed by atoms with Gasteiger partial charge in [0.1, 0.15) is 49.0 Å². The van der Waals surface area contributed by atoms with Crippen LogP contribution in [0.25, 0.3) is 0 Å². The zero-order chi connectivity index (χ0) is 39.8. The van der Waals surface area contributed by atoms with Crippen LogP contribution >= 0.6 is 0 Å². The van der Waals surface area contributed by atoms with Crippen molar-refractivity contribution >= 4 is 6.29 Å². The van der Waals surface area contributed by atoms with Gasteiger partial charge in [0.05, 0.1) is 31.0 Å². The number of rotatable bonds is 10. The molecule has 4 saturated carbocycles. The van der Waals surface area contributed by atoms with Crippen LogP contribution in [0.3, 0.4) is 0 Å². The van der Waals surface area contributed by atoms with E-state index in [4.69, 9.17) is 18.9 Å². The molecule has 6 fully saturated rings. The first-order chi connectivity index (χ1) is 25.2. The molecule has 0 aromatic rings. The summed E-state index contributed by atoms with van der Waals surface area (Å²) in [6.07, 6.45) is -4.94. The molecule has 0 aromatic carbocycles. The van der Waals surface area contributed by atoms with Crippen LogP contribution in [0.15, 0.2) is 11.6 Å². The molecule has 0 radical (unpaired) electrons. The summed E-state index contributed by atoms with van der Waals surface area (Å²) in [5, 5.41) is 86.5. The third kappa shape index (κ3) is 6.77. The number of ether oxygens (including phenoxy) is 4. The molecule has 6 aliphatic rings. The van der Waals surface area contributed by atoms with Crippen molar-refractivity contribution in [1.82, 2.24) is 0 Å². The fraction of sp³-hybridized carbons (Fsp3) is 0.927. The summed E-state index contributed by atoms with van der Waals surface area (Å²) >= 11 is 0. The quantitative estimate of drug-likeness (QED) is 0.0908. The second-order valence-corrected chi connectivity index (χ2v) is 19.4. The first-order valence-electron chi connectivity index (χ1n) is 20.3.